The minimum absolute atomic E-state index is 0.0344. The van der Waals surface area contributed by atoms with E-state index in [-0.39, 0.29) is 11.9 Å². The van der Waals surface area contributed by atoms with E-state index in [2.05, 4.69) is 6.92 Å². The lowest BCUT2D eigenvalue weighted by atomic mass is 9.80. The number of benzene rings is 1. The van der Waals surface area contributed by atoms with Gasteiger partial charge in [0.1, 0.15) is 0 Å². The molecule has 110 valence electrons. The molecule has 1 aromatic rings. The molecule has 0 spiro atoms. The van der Waals surface area contributed by atoms with Gasteiger partial charge >= 0.3 is 5.97 Å². The van der Waals surface area contributed by atoms with Crippen LogP contribution in [0.15, 0.2) is 35.2 Å². The molecule has 0 aromatic heterocycles. The van der Waals surface area contributed by atoms with Crippen LogP contribution in [-0.4, -0.2) is 5.97 Å². The van der Waals surface area contributed by atoms with Gasteiger partial charge in [-0.15, -0.1) is 0 Å². The molecular weight excluding hydrogens is 268 g/mol. The Hall–Kier alpha value is -0.960. The highest BCUT2D eigenvalue weighted by molar-refractivity contribution is 7.95. The SMILES string of the molecule is CCCCC1CCC(C(=O)OSc2ccccc2)CC1. The van der Waals surface area contributed by atoms with E-state index in [9.17, 15) is 4.79 Å². The molecule has 2 nitrogen and oxygen atoms in total. The molecule has 0 heterocycles. The van der Waals surface area contributed by atoms with Crippen LogP contribution >= 0.6 is 12.0 Å². The molecule has 0 amide bonds. The van der Waals surface area contributed by atoms with Gasteiger partial charge in [-0.25, -0.2) is 0 Å². The van der Waals surface area contributed by atoms with Gasteiger partial charge in [-0.2, -0.15) is 0 Å². The van der Waals surface area contributed by atoms with E-state index in [0.29, 0.717) is 0 Å². The van der Waals surface area contributed by atoms with Gasteiger partial charge in [0, 0.05) is 4.90 Å². The number of unbranched alkanes of at least 4 members (excludes halogenated alkanes) is 1. The fourth-order valence-corrected chi connectivity index (χ4v) is 3.40. The zero-order valence-electron chi connectivity index (χ0n) is 12.2. The molecule has 1 saturated carbocycles. The van der Waals surface area contributed by atoms with Gasteiger partial charge in [-0.05, 0) is 43.7 Å². The summed E-state index contributed by atoms with van der Waals surface area (Å²) in [4.78, 5) is 13.0. The summed E-state index contributed by atoms with van der Waals surface area (Å²) in [5.41, 5.74) is 0. The maximum absolute atomic E-state index is 12.0. The first-order valence-electron chi connectivity index (χ1n) is 7.73. The smallest absolute Gasteiger partial charge is 0.321 e. The first-order chi connectivity index (χ1) is 9.79. The van der Waals surface area contributed by atoms with Gasteiger partial charge in [-0.3, -0.25) is 4.79 Å². The topological polar surface area (TPSA) is 26.3 Å². The van der Waals surface area contributed by atoms with E-state index in [1.54, 1.807) is 0 Å². The minimum Gasteiger partial charge on any atom is -0.386 e. The summed E-state index contributed by atoms with van der Waals surface area (Å²) < 4.78 is 5.36. The molecule has 1 aromatic carbocycles. The fraction of sp³-hybridized carbons (Fsp3) is 0.588. The Morgan fingerprint density at radius 2 is 1.90 bits per heavy atom. The van der Waals surface area contributed by atoms with Crippen molar-refractivity contribution in [1.82, 2.24) is 0 Å². The predicted octanol–water partition coefficient (Wildman–Crippen LogP) is 5.23. The summed E-state index contributed by atoms with van der Waals surface area (Å²) in [6.45, 7) is 2.24. The average Bonchev–Trinajstić information content (AvgIpc) is 2.52. The van der Waals surface area contributed by atoms with Crippen molar-refractivity contribution >= 4 is 18.0 Å². The van der Waals surface area contributed by atoms with E-state index in [0.717, 1.165) is 23.7 Å². The average molecular weight is 292 g/mol. The Bertz CT molecular complexity index is 397. The van der Waals surface area contributed by atoms with Crippen LogP contribution in [0.5, 0.6) is 0 Å². The molecule has 2 rings (SSSR count). The van der Waals surface area contributed by atoms with Crippen LogP contribution in [0.2, 0.25) is 0 Å². The third kappa shape index (κ3) is 4.86. The fourth-order valence-electron chi connectivity index (χ4n) is 2.81. The van der Waals surface area contributed by atoms with Crippen LogP contribution in [0.3, 0.4) is 0 Å². The summed E-state index contributed by atoms with van der Waals surface area (Å²) in [6, 6.07) is 9.78. The van der Waals surface area contributed by atoms with Crippen molar-refractivity contribution in [1.29, 1.82) is 0 Å². The van der Waals surface area contributed by atoms with E-state index in [1.165, 1.54) is 44.1 Å². The third-order valence-corrected chi connectivity index (χ3v) is 4.82. The lowest BCUT2D eigenvalue weighted by Gasteiger charge is -2.26. The number of hydrogen-bond donors (Lipinski definition) is 0. The van der Waals surface area contributed by atoms with Gasteiger partial charge in [0.15, 0.2) is 0 Å². The monoisotopic (exact) mass is 292 g/mol. The van der Waals surface area contributed by atoms with E-state index >= 15 is 0 Å². The molecule has 0 radical (unpaired) electrons. The first kappa shape index (κ1) is 15.4. The molecule has 0 atom stereocenters. The second-order valence-corrected chi connectivity index (χ2v) is 6.46. The van der Waals surface area contributed by atoms with Crippen LogP contribution < -0.4 is 0 Å². The Labute approximate surface area is 126 Å². The molecule has 0 aliphatic heterocycles. The maximum atomic E-state index is 12.0. The predicted molar refractivity (Wildman–Crippen MR) is 83.4 cm³/mol. The Kier molecular flexibility index (Phi) is 6.44. The van der Waals surface area contributed by atoms with Gasteiger partial charge in [0.2, 0.25) is 0 Å². The molecular formula is C17H24O2S. The number of carbonyl (C=O) groups excluding carboxylic acids is 1. The van der Waals surface area contributed by atoms with Crippen molar-refractivity contribution < 1.29 is 8.98 Å². The molecule has 0 unspecified atom stereocenters. The van der Waals surface area contributed by atoms with Gasteiger partial charge in [0.25, 0.3) is 0 Å². The van der Waals surface area contributed by atoms with Crippen molar-refractivity contribution in [2.75, 3.05) is 0 Å². The number of rotatable bonds is 6. The van der Waals surface area contributed by atoms with Crippen LogP contribution in [0.25, 0.3) is 0 Å². The summed E-state index contributed by atoms with van der Waals surface area (Å²) in [6.07, 6.45) is 8.31. The van der Waals surface area contributed by atoms with Crippen LogP contribution in [-0.2, 0) is 8.98 Å². The molecule has 0 bridgehead atoms. The summed E-state index contributed by atoms with van der Waals surface area (Å²) in [5.74, 6) is 0.914. The van der Waals surface area contributed by atoms with Crippen molar-refractivity contribution in [2.45, 2.75) is 56.8 Å². The van der Waals surface area contributed by atoms with Crippen molar-refractivity contribution in [3.05, 3.63) is 30.3 Å². The quantitative estimate of drug-likeness (QED) is 0.671. The molecule has 0 saturated heterocycles. The normalized spacial score (nSPS) is 22.4. The zero-order chi connectivity index (χ0) is 14.2. The summed E-state index contributed by atoms with van der Waals surface area (Å²) >= 11 is 1.19. The number of carbonyl (C=O) groups is 1. The van der Waals surface area contributed by atoms with Crippen molar-refractivity contribution in [2.24, 2.45) is 11.8 Å². The van der Waals surface area contributed by atoms with Crippen molar-refractivity contribution in [3.63, 3.8) is 0 Å². The van der Waals surface area contributed by atoms with E-state index in [4.69, 9.17) is 4.18 Å². The Morgan fingerprint density at radius 1 is 1.20 bits per heavy atom. The van der Waals surface area contributed by atoms with Gasteiger partial charge in [0.05, 0.1) is 18.0 Å². The lowest BCUT2D eigenvalue weighted by Crippen LogP contribution is -2.22. The zero-order valence-corrected chi connectivity index (χ0v) is 13.0. The largest absolute Gasteiger partial charge is 0.386 e. The Balaban J connectivity index is 1.69. The molecule has 1 aliphatic carbocycles. The minimum atomic E-state index is -0.0344. The molecule has 1 aliphatic rings. The second kappa shape index (κ2) is 8.35. The van der Waals surface area contributed by atoms with E-state index in [1.807, 2.05) is 30.3 Å². The van der Waals surface area contributed by atoms with Crippen molar-refractivity contribution in [3.8, 4) is 0 Å². The highest BCUT2D eigenvalue weighted by Crippen LogP contribution is 2.33. The van der Waals surface area contributed by atoms with Gasteiger partial charge in [-0.1, -0.05) is 44.4 Å². The maximum Gasteiger partial charge on any atom is 0.321 e. The summed E-state index contributed by atoms with van der Waals surface area (Å²) in [7, 11) is 0. The number of hydrogen-bond acceptors (Lipinski definition) is 3. The summed E-state index contributed by atoms with van der Waals surface area (Å²) in [5, 5.41) is 0. The standard InChI is InChI=1S/C17H24O2S/c1-2-3-7-14-10-12-15(13-11-14)17(18)19-20-16-8-5-4-6-9-16/h4-6,8-9,14-15H,2-3,7,10-13H2,1H3. The van der Waals surface area contributed by atoms with E-state index < -0.39 is 0 Å². The third-order valence-electron chi connectivity index (χ3n) is 4.11. The van der Waals surface area contributed by atoms with Crippen LogP contribution in [0, 0.1) is 11.8 Å². The lowest BCUT2D eigenvalue weighted by molar-refractivity contribution is -0.138. The first-order valence-corrected chi connectivity index (χ1v) is 8.47. The highest BCUT2D eigenvalue weighted by Gasteiger charge is 2.27. The second-order valence-electron chi connectivity index (χ2n) is 5.66. The van der Waals surface area contributed by atoms with Crippen LogP contribution in [0.4, 0.5) is 0 Å². The molecule has 0 N–H and O–H groups in total. The molecule has 20 heavy (non-hydrogen) atoms. The van der Waals surface area contributed by atoms with Crippen LogP contribution in [0.1, 0.15) is 51.9 Å². The molecule has 3 heteroatoms. The van der Waals surface area contributed by atoms with Gasteiger partial charge < -0.3 is 4.18 Å². The Morgan fingerprint density at radius 3 is 2.55 bits per heavy atom. The highest BCUT2D eigenvalue weighted by atomic mass is 32.2. The molecule has 1 fully saturated rings.